The van der Waals surface area contributed by atoms with Crippen molar-refractivity contribution in [1.29, 1.82) is 0 Å². The lowest BCUT2D eigenvalue weighted by atomic mass is 10.3. The van der Waals surface area contributed by atoms with Crippen molar-refractivity contribution in [3.8, 4) is 0 Å². The quantitative estimate of drug-likeness (QED) is 0.722. The van der Waals surface area contributed by atoms with Gasteiger partial charge in [0, 0.05) is 12.4 Å². The molecule has 0 aliphatic rings. The number of carbonyl (C=O) groups is 1. The first-order valence-electron chi connectivity index (χ1n) is 4.08. The third-order valence-corrected chi connectivity index (χ3v) is 2.91. The van der Waals surface area contributed by atoms with Gasteiger partial charge < -0.3 is 10.1 Å². The number of thioether (sulfide) groups is 1. The number of aromatic amines is 1. The second-order valence-electron chi connectivity index (χ2n) is 2.58. The molecule has 76 valence electrons. The van der Waals surface area contributed by atoms with Crippen molar-refractivity contribution in [3.63, 3.8) is 0 Å². The van der Waals surface area contributed by atoms with E-state index >= 15 is 0 Å². The summed E-state index contributed by atoms with van der Waals surface area (Å²) in [4.78, 5) is 28.1. The molecule has 0 aliphatic carbocycles. The van der Waals surface area contributed by atoms with E-state index in [9.17, 15) is 9.59 Å². The van der Waals surface area contributed by atoms with Crippen LogP contribution in [-0.2, 0) is 4.79 Å². The van der Waals surface area contributed by atoms with E-state index in [1.807, 2.05) is 0 Å². The summed E-state index contributed by atoms with van der Waals surface area (Å²) in [6.45, 7) is 1.75. The zero-order chi connectivity index (χ0) is 10.6. The monoisotopic (exact) mass is 214 g/mol. The van der Waals surface area contributed by atoms with Crippen LogP contribution < -0.4 is 5.56 Å². The van der Waals surface area contributed by atoms with Gasteiger partial charge in [-0.15, -0.1) is 0 Å². The number of aromatic nitrogens is 2. The number of nitrogens with one attached hydrogen (secondary N) is 1. The Hall–Kier alpha value is -1.30. The van der Waals surface area contributed by atoms with Crippen LogP contribution in [0.15, 0.2) is 22.2 Å². The lowest BCUT2D eigenvalue weighted by Crippen LogP contribution is -2.18. The highest BCUT2D eigenvalue weighted by molar-refractivity contribution is 8.00. The second-order valence-corrected chi connectivity index (χ2v) is 3.77. The Morgan fingerprint density at radius 1 is 1.79 bits per heavy atom. The lowest BCUT2D eigenvalue weighted by molar-refractivity contribution is -0.136. The molecule has 14 heavy (non-hydrogen) atoms. The number of carboxylic acid groups (broad SMARTS) is 1. The Morgan fingerprint density at radius 3 is 3.00 bits per heavy atom. The molecule has 0 aliphatic heterocycles. The van der Waals surface area contributed by atoms with Crippen LogP contribution in [0.4, 0.5) is 0 Å². The average Bonchev–Trinajstić information content (AvgIpc) is 2.16. The third-order valence-electron chi connectivity index (χ3n) is 1.58. The number of aliphatic carboxylic acids is 1. The van der Waals surface area contributed by atoms with Crippen LogP contribution >= 0.6 is 11.8 Å². The predicted molar refractivity (Wildman–Crippen MR) is 52.4 cm³/mol. The highest BCUT2D eigenvalue weighted by atomic mass is 32.2. The van der Waals surface area contributed by atoms with Gasteiger partial charge >= 0.3 is 5.97 Å². The zero-order valence-corrected chi connectivity index (χ0v) is 8.37. The topological polar surface area (TPSA) is 83.0 Å². The summed E-state index contributed by atoms with van der Waals surface area (Å²) in [7, 11) is 0. The van der Waals surface area contributed by atoms with Gasteiger partial charge in [0.1, 0.15) is 5.25 Å². The van der Waals surface area contributed by atoms with E-state index in [1.165, 1.54) is 12.4 Å². The van der Waals surface area contributed by atoms with Crippen molar-refractivity contribution < 1.29 is 9.90 Å². The Labute approximate surface area is 84.6 Å². The maximum Gasteiger partial charge on any atom is 0.317 e. The van der Waals surface area contributed by atoms with E-state index in [1.54, 1.807) is 6.92 Å². The predicted octanol–water partition coefficient (Wildman–Crippen LogP) is 0.725. The van der Waals surface area contributed by atoms with Crippen molar-refractivity contribution in [3.05, 3.63) is 22.7 Å². The zero-order valence-electron chi connectivity index (χ0n) is 7.56. The molecule has 0 aromatic carbocycles. The van der Waals surface area contributed by atoms with Crippen LogP contribution in [0.3, 0.4) is 0 Å². The number of carboxylic acids is 1. The second kappa shape index (κ2) is 4.80. The van der Waals surface area contributed by atoms with Gasteiger partial charge in [0.2, 0.25) is 0 Å². The Morgan fingerprint density at radius 2 is 2.50 bits per heavy atom. The van der Waals surface area contributed by atoms with E-state index < -0.39 is 11.2 Å². The van der Waals surface area contributed by atoms with Gasteiger partial charge in [0.05, 0.1) is 0 Å². The lowest BCUT2D eigenvalue weighted by Gasteiger charge is -2.06. The van der Waals surface area contributed by atoms with Gasteiger partial charge in [-0.25, -0.2) is 4.98 Å². The molecule has 0 saturated heterocycles. The molecule has 1 heterocycles. The molecule has 1 aromatic heterocycles. The van der Waals surface area contributed by atoms with Gasteiger partial charge in [-0.2, -0.15) is 0 Å². The molecule has 0 amide bonds. The number of rotatable bonds is 4. The first-order chi connectivity index (χ1) is 6.65. The largest absolute Gasteiger partial charge is 0.480 e. The van der Waals surface area contributed by atoms with Crippen molar-refractivity contribution in [2.75, 3.05) is 0 Å². The van der Waals surface area contributed by atoms with Gasteiger partial charge in [-0.1, -0.05) is 18.7 Å². The third kappa shape index (κ3) is 2.59. The minimum atomic E-state index is -0.928. The Balaban J connectivity index is 2.82. The van der Waals surface area contributed by atoms with E-state index in [-0.39, 0.29) is 10.6 Å². The summed E-state index contributed by atoms with van der Waals surface area (Å²) in [5.74, 6) is -0.928. The van der Waals surface area contributed by atoms with E-state index in [4.69, 9.17) is 5.11 Å². The van der Waals surface area contributed by atoms with Crippen molar-refractivity contribution >= 4 is 17.7 Å². The van der Waals surface area contributed by atoms with E-state index in [2.05, 4.69) is 9.97 Å². The number of H-pyrrole nitrogens is 1. The first-order valence-corrected chi connectivity index (χ1v) is 4.96. The summed E-state index contributed by atoms with van der Waals surface area (Å²) in [6, 6.07) is 0. The van der Waals surface area contributed by atoms with Gasteiger partial charge in [-0.3, -0.25) is 9.59 Å². The molecule has 0 spiro atoms. The number of nitrogens with zero attached hydrogens (tertiary/aromatic N) is 1. The van der Waals surface area contributed by atoms with Gasteiger partial charge in [-0.05, 0) is 6.42 Å². The van der Waals surface area contributed by atoms with Crippen molar-refractivity contribution in [1.82, 2.24) is 9.97 Å². The molecule has 0 bridgehead atoms. The smallest absolute Gasteiger partial charge is 0.317 e. The Kier molecular flexibility index (Phi) is 3.70. The highest BCUT2D eigenvalue weighted by Gasteiger charge is 2.18. The standard InChI is InChI=1S/C8H10N2O3S/c1-2-5(8(12)13)14-7-6(11)9-3-4-10-7/h3-5H,2H2,1H3,(H,9,11)(H,12,13). The first kappa shape index (κ1) is 10.8. The molecule has 1 unspecified atom stereocenters. The maximum atomic E-state index is 11.2. The average molecular weight is 214 g/mol. The van der Waals surface area contributed by atoms with Crippen LogP contribution in [0, 0.1) is 0 Å². The number of hydrogen-bond acceptors (Lipinski definition) is 4. The minimum absolute atomic E-state index is 0.196. The summed E-state index contributed by atoms with van der Waals surface area (Å²) >= 11 is 0.969. The van der Waals surface area contributed by atoms with Crippen LogP contribution in [0.25, 0.3) is 0 Å². The van der Waals surface area contributed by atoms with Crippen LogP contribution in [0.1, 0.15) is 13.3 Å². The molecule has 2 N–H and O–H groups in total. The molecule has 5 nitrogen and oxygen atoms in total. The van der Waals surface area contributed by atoms with Gasteiger partial charge in [0.15, 0.2) is 5.03 Å². The fourth-order valence-corrected chi connectivity index (χ4v) is 1.69. The number of hydrogen-bond donors (Lipinski definition) is 2. The maximum absolute atomic E-state index is 11.2. The highest BCUT2D eigenvalue weighted by Crippen LogP contribution is 2.20. The molecule has 0 fully saturated rings. The van der Waals surface area contributed by atoms with Crippen LogP contribution in [-0.4, -0.2) is 26.3 Å². The van der Waals surface area contributed by atoms with Crippen LogP contribution in [0.2, 0.25) is 0 Å². The SMILES string of the molecule is CCC(Sc1ncc[nH]c1=O)C(=O)O. The Bertz CT molecular complexity index is 377. The molecule has 6 heteroatoms. The van der Waals surface area contributed by atoms with Crippen molar-refractivity contribution in [2.45, 2.75) is 23.6 Å². The van der Waals surface area contributed by atoms with E-state index in [0.29, 0.717) is 6.42 Å². The molecule has 0 saturated carbocycles. The molecule has 0 radical (unpaired) electrons. The summed E-state index contributed by atoms with van der Waals surface area (Å²) in [5.41, 5.74) is -0.350. The van der Waals surface area contributed by atoms with E-state index in [0.717, 1.165) is 11.8 Å². The summed E-state index contributed by atoms with van der Waals surface area (Å²) in [5, 5.41) is 8.34. The normalized spacial score (nSPS) is 12.4. The van der Waals surface area contributed by atoms with Crippen molar-refractivity contribution in [2.24, 2.45) is 0 Å². The minimum Gasteiger partial charge on any atom is -0.480 e. The molecule has 1 aromatic rings. The van der Waals surface area contributed by atoms with Crippen LogP contribution in [0.5, 0.6) is 0 Å². The fraction of sp³-hybridized carbons (Fsp3) is 0.375. The molecule has 1 atom stereocenters. The summed E-state index contributed by atoms with van der Waals surface area (Å²) in [6.07, 6.45) is 3.29. The summed E-state index contributed by atoms with van der Waals surface area (Å²) < 4.78 is 0. The fourth-order valence-electron chi connectivity index (χ4n) is 0.865. The molecular formula is C8H10N2O3S. The van der Waals surface area contributed by atoms with Gasteiger partial charge in [0.25, 0.3) is 5.56 Å². The molecule has 1 rings (SSSR count). The molecular weight excluding hydrogens is 204 g/mol.